The summed E-state index contributed by atoms with van der Waals surface area (Å²) in [7, 11) is -9.96. The van der Waals surface area contributed by atoms with E-state index in [9.17, 15) is 43.2 Å². The van der Waals surface area contributed by atoms with E-state index in [4.69, 9.17) is 37.0 Å². The zero-order valence-corrected chi connectivity index (χ0v) is 66.0. The second kappa shape index (κ2) is 75.0. The maximum Gasteiger partial charge on any atom is 0.472 e. The van der Waals surface area contributed by atoms with Crippen LogP contribution in [-0.4, -0.2) is 96.7 Å². The molecule has 588 valence electrons. The number of aliphatic hydroxyl groups excluding tert-OH is 1. The zero-order chi connectivity index (χ0) is 74.6. The van der Waals surface area contributed by atoms with Gasteiger partial charge in [-0.05, 0) is 128 Å². The van der Waals surface area contributed by atoms with Gasteiger partial charge < -0.3 is 33.8 Å². The van der Waals surface area contributed by atoms with Gasteiger partial charge in [0.2, 0.25) is 0 Å². The lowest BCUT2D eigenvalue weighted by Crippen LogP contribution is -2.30. The van der Waals surface area contributed by atoms with Gasteiger partial charge in [-0.3, -0.25) is 37.3 Å². The van der Waals surface area contributed by atoms with Crippen molar-refractivity contribution in [1.29, 1.82) is 0 Å². The Kier molecular flexibility index (Phi) is 71.8. The zero-order valence-electron chi connectivity index (χ0n) is 64.3. The molecule has 0 fully saturated rings. The first-order valence-electron chi connectivity index (χ1n) is 40.1. The summed E-state index contributed by atoms with van der Waals surface area (Å²) in [5.41, 5.74) is 0. The number of aliphatic hydroxyl groups is 1. The van der Waals surface area contributed by atoms with Crippen molar-refractivity contribution in [1.82, 2.24) is 0 Å². The lowest BCUT2D eigenvalue weighted by molar-refractivity contribution is -0.161. The number of carbonyl (C=O) groups is 4. The highest BCUT2D eigenvalue weighted by molar-refractivity contribution is 7.47. The molecule has 0 bridgehead atoms. The van der Waals surface area contributed by atoms with E-state index in [0.717, 1.165) is 199 Å². The summed E-state index contributed by atoms with van der Waals surface area (Å²) in [5.74, 6) is -2.20. The highest BCUT2D eigenvalue weighted by atomic mass is 31.2. The van der Waals surface area contributed by atoms with E-state index < -0.39 is 97.5 Å². The number of ether oxygens (including phenoxy) is 4. The highest BCUT2D eigenvalue weighted by Gasteiger charge is 2.30. The minimum atomic E-state index is -4.98. The molecular formula is C83H144O17P2. The summed E-state index contributed by atoms with van der Waals surface area (Å²) >= 11 is 0. The number of hydrogen-bond acceptors (Lipinski definition) is 15. The molecule has 5 unspecified atom stereocenters. The van der Waals surface area contributed by atoms with Gasteiger partial charge in [0, 0.05) is 25.7 Å². The normalized spacial score (nSPS) is 14.5. The Labute approximate surface area is 619 Å². The highest BCUT2D eigenvalue weighted by Crippen LogP contribution is 2.45. The van der Waals surface area contributed by atoms with Crippen molar-refractivity contribution in [2.24, 2.45) is 0 Å². The second-order valence-electron chi connectivity index (χ2n) is 26.6. The molecule has 3 N–H and O–H groups in total. The van der Waals surface area contributed by atoms with Crippen molar-refractivity contribution >= 4 is 39.5 Å². The van der Waals surface area contributed by atoms with E-state index in [1.807, 2.05) is 0 Å². The number of phosphoric ester groups is 2. The van der Waals surface area contributed by atoms with Crippen molar-refractivity contribution in [3.05, 3.63) is 109 Å². The maximum absolute atomic E-state index is 13.1. The number of hydrogen-bond donors (Lipinski definition) is 3. The monoisotopic (exact) mass is 1470 g/mol. The lowest BCUT2D eigenvalue weighted by atomic mass is 10.1. The smallest absolute Gasteiger partial charge is 0.462 e. The molecule has 0 rings (SSSR count). The predicted octanol–water partition coefficient (Wildman–Crippen LogP) is 23.3. The Morgan fingerprint density at radius 3 is 0.804 bits per heavy atom. The molecule has 19 heteroatoms. The largest absolute Gasteiger partial charge is 0.472 e. The number of rotatable bonds is 75. The molecule has 0 aromatic carbocycles. The topological polar surface area (TPSA) is 237 Å². The van der Waals surface area contributed by atoms with Crippen LogP contribution >= 0.6 is 15.6 Å². The quantitative estimate of drug-likeness (QED) is 0.0169. The summed E-state index contributed by atoms with van der Waals surface area (Å²) in [6.45, 7) is 4.61. The Bertz CT molecular complexity index is 2360. The molecule has 0 aliphatic carbocycles. The Morgan fingerprint density at radius 1 is 0.284 bits per heavy atom. The van der Waals surface area contributed by atoms with Crippen LogP contribution in [0, 0.1) is 0 Å². The third kappa shape index (κ3) is 74.0. The lowest BCUT2D eigenvalue weighted by Gasteiger charge is -2.21. The SMILES string of the molecule is CC/C=C\C/C=C\C/C=C\CCCCCCCCCC(=O)OCC(COP(=O)(O)OCC(O)COP(=O)(O)OCC(COC(=O)CCCCCCCC/C=C\C/C=C\C/C=C\CCCCC)OC(=O)CCCCCCCCCCCCC)OC(=O)CCCCCCC/C=C\C/C=C\C/C=C\CC. The second-order valence-corrected chi connectivity index (χ2v) is 29.5. The third-order valence-corrected chi connectivity index (χ3v) is 18.6. The molecular weight excluding hydrogens is 1330 g/mol. The summed E-state index contributed by atoms with van der Waals surface area (Å²) in [4.78, 5) is 73.0. The molecule has 0 saturated heterocycles. The van der Waals surface area contributed by atoms with Crippen molar-refractivity contribution in [3.63, 3.8) is 0 Å². The van der Waals surface area contributed by atoms with Crippen LogP contribution in [0.25, 0.3) is 0 Å². The fourth-order valence-electron chi connectivity index (χ4n) is 10.7. The van der Waals surface area contributed by atoms with E-state index in [0.29, 0.717) is 25.7 Å². The van der Waals surface area contributed by atoms with Crippen LogP contribution in [0.5, 0.6) is 0 Å². The van der Waals surface area contributed by atoms with Gasteiger partial charge in [-0.25, -0.2) is 9.13 Å². The molecule has 0 radical (unpaired) electrons. The third-order valence-electron chi connectivity index (χ3n) is 16.7. The standard InChI is InChI=1S/C83H144O17P2/c1-5-9-13-17-21-25-29-32-35-37-38-40-43-45-49-52-56-60-64-68-80(85)93-73-78(99-82(87)69-65-61-57-53-47-28-24-20-16-12-8-4)75-97-101(89,90)95-71-77(84)72-96-102(91,92)98-76-79(100-83(88)70-66-62-58-54-50-46-41-34-31-27-23-19-15-11-7-3)74-94-81(86)67-63-59-55-51-48-44-42-39-36-33-30-26-22-18-14-10-6-2/h10-11,14-15,21-23,25-27,32-36,38,40-41,77-79,84H,5-9,12-13,16-20,24,28-31,37,39,42-76H2,1-4H3,(H,89,90)(H,91,92)/b14-10-,15-11-,25-21-,26-22-,27-23-,35-32-,36-33-,40-38-,41-34-. The van der Waals surface area contributed by atoms with Crippen molar-refractivity contribution in [2.45, 2.75) is 354 Å². The van der Waals surface area contributed by atoms with Gasteiger partial charge in [-0.2, -0.15) is 0 Å². The molecule has 5 atom stereocenters. The maximum atomic E-state index is 13.1. The average molecular weight is 1480 g/mol. The molecule has 0 aliphatic rings. The van der Waals surface area contributed by atoms with Gasteiger partial charge in [0.25, 0.3) is 0 Å². The summed E-state index contributed by atoms with van der Waals surface area (Å²) in [6, 6.07) is 0. The molecule has 102 heavy (non-hydrogen) atoms. The van der Waals surface area contributed by atoms with E-state index in [-0.39, 0.29) is 25.7 Å². The number of unbranched alkanes of at least 4 members (excludes halogenated alkanes) is 31. The number of carbonyl (C=O) groups excluding carboxylic acids is 4. The van der Waals surface area contributed by atoms with Gasteiger partial charge in [0.05, 0.1) is 26.4 Å². The Morgan fingerprint density at radius 2 is 0.510 bits per heavy atom. The fraction of sp³-hybridized carbons (Fsp3) is 0.735. The molecule has 0 heterocycles. The first kappa shape index (κ1) is 97.7. The number of esters is 4. The van der Waals surface area contributed by atoms with Crippen LogP contribution in [0.2, 0.25) is 0 Å². The Balaban J connectivity index is 5.33. The molecule has 17 nitrogen and oxygen atoms in total. The number of allylic oxidation sites excluding steroid dienone is 18. The van der Waals surface area contributed by atoms with Gasteiger partial charge in [0.1, 0.15) is 19.3 Å². The van der Waals surface area contributed by atoms with E-state index in [1.165, 1.54) is 57.8 Å². The van der Waals surface area contributed by atoms with Crippen LogP contribution in [0.4, 0.5) is 0 Å². The minimum absolute atomic E-state index is 0.0725. The van der Waals surface area contributed by atoms with Crippen LogP contribution in [-0.2, 0) is 65.4 Å². The van der Waals surface area contributed by atoms with Crippen LogP contribution < -0.4 is 0 Å². The molecule has 0 amide bonds. The van der Waals surface area contributed by atoms with Gasteiger partial charge in [-0.15, -0.1) is 0 Å². The summed E-state index contributed by atoms with van der Waals surface area (Å²) < 4.78 is 68.6. The van der Waals surface area contributed by atoms with Crippen LogP contribution in [0.3, 0.4) is 0 Å². The molecule has 0 saturated carbocycles. The fourth-order valence-corrected chi connectivity index (χ4v) is 12.2. The van der Waals surface area contributed by atoms with E-state index in [2.05, 4.69) is 137 Å². The van der Waals surface area contributed by atoms with Crippen molar-refractivity contribution < 1.29 is 80.2 Å². The van der Waals surface area contributed by atoms with Gasteiger partial charge in [0.15, 0.2) is 12.2 Å². The van der Waals surface area contributed by atoms with Crippen molar-refractivity contribution in [3.8, 4) is 0 Å². The molecule has 0 aromatic rings. The Hall–Kier alpha value is -4.28. The molecule has 0 aromatic heterocycles. The molecule has 0 aliphatic heterocycles. The first-order valence-corrected chi connectivity index (χ1v) is 43.1. The number of phosphoric acid groups is 2. The van der Waals surface area contributed by atoms with E-state index >= 15 is 0 Å². The average Bonchev–Trinajstić information content (AvgIpc) is 0.944. The predicted molar refractivity (Wildman–Crippen MR) is 418 cm³/mol. The van der Waals surface area contributed by atoms with Gasteiger partial charge >= 0.3 is 39.5 Å². The van der Waals surface area contributed by atoms with Gasteiger partial charge in [-0.1, -0.05) is 291 Å². The van der Waals surface area contributed by atoms with Crippen LogP contribution in [0.15, 0.2) is 109 Å². The summed E-state index contributed by atoms with van der Waals surface area (Å²) in [5, 5.41) is 10.6. The van der Waals surface area contributed by atoms with Crippen molar-refractivity contribution in [2.75, 3.05) is 39.6 Å². The summed E-state index contributed by atoms with van der Waals surface area (Å²) in [6.07, 6.45) is 80.6. The molecule has 0 spiro atoms. The van der Waals surface area contributed by atoms with E-state index in [1.54, 1.807) is 0 Å². The first-order chi connectivity index (χ1) is 49.7. The minimum Gasteiger partial charge on any atom is -0.462 e. The van der Waals surface area contributed by atoms with Crippen LogP contribution in [0.1, 0.15) is 336 Å².